The Kier molecular flexibility index (Phi) is 5.65. The summed E-state index contributed by atoms with van der Waals surface area (Å²) in [6.07, 6.45) is 0.0380. The predicted molar refractivity (Wildman–Crippen MR) is 109 cm³/mol. The van der Waals surface area contributed by atoms with Crippen molar-refractivity contribution in [2.24, 2.45) is 0 Å². The van der Waals surface area contributed by atoms with Crippen molar-refractivity contribution in [1.82, 2.24) is 4.90 Å². The lowest BCUT2D eigenvalue weighted by atomic mass is 10.1. The molecule has 0 bridgehead atoms. The highest BCUT2D eigenvalue weighted by Crippen LogP contribution is 2.29. The highest BCUT2D eigenvalue weighted by atomic mass is 16.5. The molecule has 3 aromatic rings. The van der Waals surface area contributed by atoms with Crippen molar-refractivity contribution in [3.8, 4) is 11.5 Å². The molecule has 4 nitrogen and oxygen atoms in total. The summed E-state index contributed by atoms with van der Waals surface area (Å²) >= 11 is 0. The zero-order chi connectivity index (χ0) is 19.4. The molecule has 0 spiro atoms. The predicted octanol–water partition coefficient (Wildman–Crippen LogP) is 4.91. The third kappa shape index (κ3) is 4.40. The normalized spacial score (nSPS) is 10.9. The van der Waals surface area contributed by atoms with E-state index in [1.807, 2.05) is 33.0 Å². The third-order valence-electron chi connectivity index (χ3n) is 4.35. The molecule has 0 saturated heterocycles. The van der Waals surface area contributed by atoms with Crippen LogP contribution in [0, 0.1) is 0 Å². The molecule has 0 N–H and O–H groups in total. The molecule has 140 valence electrons. The first-order valence-electron chi connectivity index (χ1n) is 9.06. The van der Waals surface area contributed by atoms with Crippen LogP contribution in [0.2, 0.25) is 0 Å². The smallest absolute Gasteiger partial charge is 0.254 e. The standard InChI is InChI=1S/C23H25NO3/c1-16(2)27-21-12-11-20(14-22(21)26-4)23(25)24(3)15-17-9-10-18-7-5-6-8-19(18)13-17/h5-14,16H,15H2,1-4H3. The van der Waals surface area contributed by atoms with Gasteiger partial charge >= 0.3 is 0 Å². The van der Waals surface area contributed by atoms with Crippen molar-refractivity contribution in [3.05, 3.63) is 71.8 Å². The molecule has 1 amide bonds. The zero-order valence-corrected chi connectivity index (χ0v) is 16.2. The van der Waals surface area contributed by atoms with E-state index in [0.717, 1.165) is 5.56 Å². The van der Waals surface area contributed by atoms with Gasteiger partial charge in [-0.25, -0.2) is 0 Å². The molecule has 4 heteroatoms. The molecule has 0 aromatic heterocycles. The molecule has 3 aromatic carbocycles. The van der Waals surface area contributed by atoms with E-state index in [0.29, 0.717) is 23.6 Å². The van der Waals surface area contributed by atoms with Crippen LogP contribution in [0.15, 0.2) is 60.7 Å². The quantitative estimate of drug-likeness (QED) is 0.625. The Morgan fingerprint density at radius 1 is 0.963 bits per heavy atom. The maximum absolute atomic E-state index is 12.8. The summed E-state index contributed by atoms with van der Waals surface area (Å²) in [5.74, 6) is 1.15. The van der Waals surface area contributed by atoms with Gasteiger partial charge in [0.25, 0.3) is 5.91 Å². The van der Waals surface area contributed by atoms with E-state index >= 15 is 0 Å². The molecule has 0 fully saturated rings. The number of ether oxygens (including phenoxy) is 2. The van der Waals surface area contributed by atoms with Gasteiger partial charge in [-0.15, -0.1) is 0 Å². The van der Waals surface area contributed by atoms with Gasteiger partial charge in [0, 0.05) is 19.2 Å². The van der Waals surface area contributed by atoms with Crippen molar-refractivity contribution >= 4 is 16.7 Å². The van der Waals surface area contributed by atoms with Gasteiger partial charge in [-0.2, -0.15) is 0 Å². The van der Waals surface area contributed by atoms with E-state index < -0.39 is 0 Å². The largest absolute Gasteiger partial charge is 0.493 e. The van der Waals surface area contributed by atoms with Gasteiger partial charge in [0.05, 0.1) is 13.2 Å². The number of hydrogen-bond donors (Lipinski definition) is 0. The number of methoxy groups -OCH3 is 1. The summed E-state index contributed by atoms with van der Waals surface area (Å²) in [6, 6.07) is 19.8. The summed E-state index contributed by atoms with van der Waals surface area (Å²) in [7, 11) is 3.39. The van der Waals surface area contributed by atoms with Gasteiger partial charge in [0.15, 0.2) is 11.5 Å². The number of fused-ring (bicyclic) bond motifs is 1. The van der Waals surface area contributed by atoms with Crippen molar-refractivity contribution in [2.75, 3.05) is 14.2 Å². The SMILES string of the molecule is COc1cc(C(=O)N(C)Cc2ccc3ccccc3c2)ccc1OC(C)C. The second kappa shape index (κ2) is 8.12. The van der Waals surface area contributed by atoms with Crippen LogP contribution in [0.1, 0.15) is 29.8 Å². The number of amides is 1. The van der Waals surface area contributed by atoms with Crippen LogP contribution in [-0.4, -0.2) is 31.1 Å². The molecular weight excluding hydrogens is 338 g/mol. The van der Waals surface area contributed by atoms with E-state index in [4.69, 9.17) is 9.47 Å². The fourth-order valence-corrected chi connectivity index (χ4v) is 3.06. The van der Waals surface area contributed by atoms with E-state index in [9.17, 15) is 4.79 Å². The monoisotopic (exact) mass is 363 g/mol. The van der Waals surface area contributed by atoms with Crippen molar-refractivity contribution < 1.29 is 14.3 Å². The Morgan fingerprint density at radius 3 is 2.41 bits per heavy atom. The number of carbonyl (C=O) groups excluding carboxylic acids is 1. The lowest BCUT2D eigenvalue weighted by molar-refractivity contribution is 0.0784. The molecule has 0 atom stereocenters. The molecule has 27 heavy (non-hydrogen) atoms. The second-order valence-electron chi connectivity index (χ2n) is 6.87. The van der Waals surface area contributed by atoms with Crippen molar-refractivity contribution in [2.45, 2.75) is 26.5 Å². The Labute approximate surface area is 160 Å². The number of nitrogens with zero attached hydrogens (tertiary/aromatic N) is 1. The molecule has 0 aliphatic rings. The summed E-state index contributed by atoms with van der Waals surface area (Å²) in [5, 5.41) is 2.37. The molecule has 0 saturated carbocycles. The number of benzene rings is 3. The Bertz CT molecular complexity index is 949. The third-order valence-corrected chi connectivity index (χ3v) is 4.35. The minimum Gasteiger partial charge on any atom is -0.493 e. The molecular formula is C23H25NO3. The lowest BCUT2D eigenvalue weighted by Crippen LogP contribution is -2.26. The summed E-state index contributed by atoms with van der Waals surface area (Å²) in [4.78, 5) is 14.6. The fraction of sp³-hybridized carbons (Fsp3) is 0.261. The zero-order valence-electron chi connectivity index (χ0n) is 16.2. The minimum atomic E-state index is -0.0578. The summed E-state index contributed by atoms with van der Waals surface area (Å²) < 4.78 is 11.1. The Balaban J connectivity index is 1.77. The number of hydrogen-bond acceptors (Lipinski definition) is 3. The van der Waals surface area contributed by atoms with Crippen LogP contribution in [0.25, 0.3) is 10.8 Å². The van der Waals surface area contributed by atoms with E-state index in [-0.39, 0.29) is 12.0 Å². The maximum atomic E-state index is 12.8. The Hall–Kier alpha value is -3.01. The van der Waals surface area contributed by atoms with Crippen LogP contribution in [-0.2, 0) is 6.54 Å². The molecule has 0 unspecified atom stereocenters. The minimum absolute atomic E-state index is 0.0380. The molecule has 3 rings (SSSR count). The fourth-order valence-electron chi connectivity index (χ4n) is 3.06. The Morgan fingerprint density at radius 2 is 1.70 bits per heavy atom. The molecule has 0 heterocycles. The van der Waals surface area contributed by atoms with Gasteiger partial charge < -0.3 is 14.4 Å². The van der Waals surface area contributed by atoms with E-state index in [2.05, 4.69) is 30.3 Å². The molecule has 0 aliphatic carbocycles. The molecule has 0 aliphatic heterocycles. The lowest BCUT2D eigenvalue weighted by Gasteiger charge is -2.19. The van der Waals surface area contributed by atoms with Crippen LogP contribution >= 0.6 is 0 Å². The van der Waals surface area contributed by atoms with Crippen LogP contribution < -0.4 is 9.47 Å². The van der Waals surface area contributed by atoms with Crippen molar-refractivity contribution in [1.29, 1.82) is 0 Å². The van der Waals surface area contributed by atoms with Crippen LogP contribution in [0.3, 0.4) is 0 Å². The summed E-state index contributed by atoms with van der Waals surface area (Å²) in [6.45, 7) is 4.45. The first-order valence-corrected chi connectivity index (χ1v) is 9.06. The topological polar surface area (TPSA) is 38.8 Å². The van der Waals surface area contributed by atoms with Gasteiger partial charge in [-0.3, -0.25) is 4.79 Å². The second-order valence-corrected chi connectivity index (χ2v) is 6.87. The maximum Gasteiger partial charge on any atom is 0.254 e. The van der Waals surface area contributed by atoms with Gasteiger partial charge in [0.1, 0.15) is 0 Å². The number of carbonyl (C=O) groups is 1. The van der Waals surface area contributed by atoms with Gasteiger partial charge in [0.2, 0.25) is 0 Å². The summed E-state index contributed by atoms with van der Waals surface area (Å²) in [5.41, 5.74) is 1.67. The number of rotatable bonds is 6. The highest BCUT2D eigenvalue weighted by Gasteiger charge is 2.16. The molecule has 0 radical (unpaired) electrons. The van der Waals surface area contributed by atoms with Gasteiger partial charge in [-0.05, 0) is 54.4 Å². The van der Waals surface area contributed by atoms with Crippen LogP contribution in [0.5, 0.6) is 11.5 Å². The van der Waals surface area contributed by atoms with Gasteiger partial charge in [-0.1, -0.05) is 36.4 Å². The first kappa shape index (κ1) is 18.8. The average Bonchev–Trinajstić information content (AvgIpc) is 2.67. The highest BCUT2D eigenvalue weighted by molar-refractivity contribution is 5.94. The van der Waals surface area contributed by atoms with E-state index in [1.54, 1.807) is 30.2 Å². The average molecular weight is 363 g/mol. The van der Waals surface area contributed by atoms with Crippen LogP contribution in [0.4, 0.5) is 0 Å². The van der Waals surface area contributed by atoms with E-state index in [1.165, 1.54) is 10.8 Å². The first-order chi connectivity index (χ1) is 13.0. The van der Waals surface area contributed by atoms with Crippen molar-refractivity contribution in [3.63, 3.8) is 0 Å².